The van der Waals surface area contributed by atoms with Gasteiger partial charge in [-0.05, 0) is 18.9 Å². The van der Waals surface area contributed by atoms with Gasteiger partial charge in [0.2, 0.25) is 0 Å². The molecule has 6 rings (SSSR count). The van der Waals surface area contributed by atoms with Crippen LogP contribution in [0.4, 0.5) is 26.3 Å². The fraction of sp³-hybridized carbons (Fsp3) is 0.310. The van der Waals surface area contributed by atoms with Crippen molar-refractivity contribution in [2.24, 2.45) is 11.3 Å². The van der Waals surface area contributed by atoms with Gasteiger partial charge in [-0.1, -0.05) is 88.1 Å². The average Bonchev–Trinajstić information content (AvgIpc) is 3.65. The Bertz CT molecular complexity index is 1750. The molecule has 270 valence electrons. The third-order valence-corrected chi connectivity index (χ3v) is 9.77. The molecule has 1 atom stereocenters. The van der Waals surface area contributed by atoms with Gasteiger partial charge in [-0.2, -0.15) is 35.4 Å². The fourth-order valence-electron chi connectivity index (χ4n) is 5.69. The van der Waals surface area contributed by atoms with Gasteiger partial charge in [0, 0.05) is 0 Å². The zero-order chi connectivity index (χ0) is 36.1. The number of halogens is 8. The molecule has 0 fully saturated rings. The van der Waals surface area contributed by atoms with E-state index in [2.05, 4.69) is 96.2 Å². The van der Waals surface area contributed by atoms with Gasteiger partial charge in [-0.25, -0.2) is 6.08 Å². The maximum atomic E-state index is 12.7. The van der Waals surface area contributed by atoms with Gasteiger partial charge in [0.05, 0.1) is 0 Å². The molecule has 0 aliphatic heterocycles. The predicted molar refractivity (Wildman–Crippen MR) is 183 cm³/mol. The molecule has 0 saturated heterocycles. The predicted octanol–water partition coefficient (Wildman–Crippen LogP) is 6.27. The van der Waals surface area contributed by atoms with E-state index in [9.17, 15) is 26.3 Å². The van der Waals surface area contributed by atoms with Gasteiger partial charge >= 0.3 is 137 Å². The van der Waals surface area contributed by atoms with E-state index in [1.54, 1.807) is 0 Å². The summed E-state index contributed by atoms with van der Waals surface area (Å²) in [5.41, 5.74) is 8.80. The minimum atomic E-state index is -4.49. The molecule has 0 heterocycles. The van der Waals surface area contributed by atoms with Crippen molar-refractivity contribution >= 4 is 3.21 Å². The smallest absolute Gasteiger partial charge is 1.00 e. The van der Waals surface area contributed by atoms with Crippen LogP contribution in [0.2, 0.25) is 0 Å². The second kappa shape index (κ2) is 18.3. The molecule has 0 bridgehead atoms. The molecular weight excluding hydrogens is 781 g/mol. The van der Waals surface area contributed by atoms with E-state index < -0.39 is 23.5 Å². The number of alkyl halides is 6. The van der Waals surface area contributed by atoms with Gasteiger partial charge < -0.3 is 24.8 Å². The Morgan fingerprint density at radius 2 is 1.31 bits per heavy atom. The van der Waals surface area contributed by atoms with Crippen LogP contribution in [-0.2, 0) is 43.0 Å². The van der Waals surface area contributed by atoms with E-state index in [-0.39, 0.29) is 35.9 Å². The van der Waals surface area contributed by atoms with Gasteiger partial charge in [0.1, 0.15) is 0 Å². The molecule has 0 radical (unpaired) electrons. The van der Waals surface area contributed by atoms with Crippen molar-refractivity contribution < 1.29 is 75.4 Å². The Labute approximate surface area is 325 Å². The molecule has 0 nitrogen and oxygen atoms in total. The van der Waals surface area contributed by atoms with Crippen LogP contribution in [0.25, 0.3) is 11.1 Å². The van der Waals surface area contributed by atoms with E-state index in [0.717, 1.165) is 54.9 Å². The molecule has 51 heavy (non-hydrogen) atoms. The van der Waals surface area contributed by atoms with E-state index >= 15 is 0 Å². The normalized spacial score (nSPS) is 14.4. The van der Waals surface area contributed by atoms with Crippen molar-refractivity contribution in [1.82, 2.24) is 0 Å². The third-order valence-electron chi connectivity index (χ3n) is 8.35. The number of fused-ring (bicyclic) bond motifs is 3. The van der Waals surface area contributed by atoms with Crippen molar-refractivity contribution in [2.45, 2.75) is 73.2 Å². The Morgan fingerprint density at radius 3 is 1.80 bits per heavy atom. The Hall–Kier alpha value is -2.73. The minimum absolute atomic E-state index is 0. The second-order valence-corrected chi connectivity index (χ2v) is 14.7. The van der Waals surface area contributed by atoms with Crippen LogP contribution in [0.3, 0.4) is 0 Å². The van der Waals surface area contributed by atoms with Gasteiger partial charge in [-0.15, -0.1) is 11.1 Å². The summed E-state index contributed by atoms with van der Waals surface area (Å²) in [5, 5.41) is 0. The number of aryl methyl sites for hydroxylation is 2. The van der Waals surface area contributed by atoms with E-state index in [4.69, 9.17) is 0 Å². The summed E-state index contributed by atoms with van der Waals surface area (Å²) in [6, 6.07) is 23.7. The van der Waals surface area contributed by atoms with Crippen LogP contribution in [0.15, 0.2) is 96.6 Å². The van der Waals surface area contributed by atoms with Crippen LogP contribution in [0.1, 0.15) is 85.0 Å². The zero-order valence-corrected chi connectivity index (χ0v) is 33.4. The molecule has 1 unspecified atom stereocenters. The largest absolute Gasteiger partial charge is 1.00 e. The van der Waals surface area contributed by atoms with Crippen LogP contribution in [-0.4, -0.2) is 3.21 Å². The molecule has 0 N–H and O–H groups in total. The van der Waals surface area contributed by atoms with Gasteiger partial charge in [0.25, 0.3) is 0 Å². The minimum Gasteiger partial charge on any atom is -1.00 e. The number of allylic oxidation sites excluding steroid dienone is 4. The molecule has 4 aromatic carbocycles. The number of benzene rings is 4. The van der Waals surface area contributed by atoms with Crippen molar-refractivity contribution in [3.63, 3.8) is 0 Å². The summed E-state index contributed by atoms with van der Waals surface area (Å²) in [7, 11) is 0. The maximum Gasteiger partial charge on any atom is -1.00 e. The molecule has 0 saturated carbocycles. The third kappa shape index (κ3) is 12.2. The summed E-state index contributed by atoms with van der Waals surface area (Å²) in [6.45, 7) is 13.2. The quantitative estimate of drug-likeness (QED) is 0.148. The Kier molecular flexibility index (Phi) is 16.0. The second-order valence-electron chi connectivity index (χ2n) is 13.5. The molecule has 0 spiro atoms. The van der Waals surface area contributed by atoms with Crippen LogP contribution in [0.5, 0.6) is 0 Å². The van der Waals surface area contributed by atoms with Crippen molar-refractivity contribution in [3.05, 3.63) is 153 Å². The Balaban J connectivity index is 0.000000273. The topological polar surface area (TPSA) is 0 Å². The molecule has 4 aromatic rings. The van der Waals surface area contributed by atoms with E-state index in [1.165, 1.54) is 76.1 Å². The van der Waals surface area contributed by atoms with Crippen LogP contribution >= 0.6 is 0 Å². The van der Waals surface area contributed by atoms with Crippen LogP contribution < -0.4 is 24.8 Å². The van der Waals surface area contributed by atoms with E-state index in [0.29, 0.717) is 14.5 Å². The van der Waals surface area contributed by atoms with Crippen molar-refractivity contribution in [3.8, 4) is 11.1 Å². The zero-order valence-electron chi connectivity index (χ0n) is 29.4. The van der Waals surface area contributed by atoms with E-state index in [1.807, 2.05) is 0 Å². The number of hydrogen-bond acceptors (Lipinski definition) is 0. The monoisotopic (exact) mass is 818 g/mol. The summed E-state index contributed by atoms with van der Waals surface area (Å²) in [6.07, 6.45) is 2.50. The first kappa shape index (κ1) is 44.4. The first-order valence-electron chi connectivity index (χ1n) is 16.2. The van der Waals surface area contributed by atoms with Gasteiger partial charge in [-0.3, -0.25) is 6.08 Å². The standard InChI is InChI=1S/C15H8F6.C15H13.C12H19.2ClH.Zr/c16-14(17,18)12-5-1-3-10(8-12)7-11-4-2-6-13(9-11)15(19,20)21;1-10-3-5-14-12(7-10)9-13-8-11(2)4-6-15(13)14;1-5-6-10-7-8-11(9-10)12(2,3)4;;;/h1-6,8-9H;3-7H,9H2,1-2H3;8-10H,5-6H2,1-4H3;2*1H;/q;2*-1;;;+2/p-2. The van der Waals surface area contributed by atoms with Gasteiger partial charge in [0.15, 0.2) is 0 Å². The average molecular weight is 821 g/mol. The number of hydrogen-bond donors (Lipinski definition) is 0. The summed E-state index contributed by atoms with van der Waals surface area (Å²) >= 11 is 0.729. The summed E-state index contributed by atoms with van der Waals surface area (Å²) in [4.78, 5) is 0. The Morgan fingerprint density at radius 1 is 0.765 bits per heavy atom. The SMILES string of the molecule is CCCC1[C-]=CC(C(C)(C)C)=C1.Cc1[c-]c2c(cc1)-c1ccc(C)cc1C2.FC(F)(F)c1cccc([C](=[Zr+2])c2cccc(C(F)(F)F)c2)c1.[Cl-].[Cl-]. The summed E-state index contributed by atoms with van der Waals surface area (Å²) < 4.78 is 76.7. The van der Waals surface area contributed by atoms with Crippen LogP contribution in [0, 0.1) is 37.3 Å². The molecule has 0 aromatic heterocycles. The first-order valence-corrected chi connectivity index (χ1v) is 17.5. The summed E-state index contributed by atoms with van der Waals surface area (Å²) in [5.74, 6) is 0.587. The van der Waals surface area contributed by atoms with Crippen molar-refractivity contribution in [1.29, 1.82) is 0 Å². The maximum absolute atomic E-state index is 12.7. The van der Waals surface area contributed by atoms with Crippen molar-refractivity contribution in [2.75, 3.05) is 0 Å². The molecule has 9 heteroatoms. The molecule has 0 amide bonds. The molecule has 2 aliphatic rings. The fourth-order valence-corrected chi connectivity index (χ4v) is 6.46. The first-order chi connectivity index (χ1) is 22.9. The number of rotatable bonds is 4. The molecular formula is C42H40Cl2F6Zr-2. The molecule has 2 aliphatic carbocycles.